The van der Waals surface area contributed by atoms with Gasteiger partial charge in [-0.25, -0.2) is 0 Å². The highest BCUT2D eigenvalue weighted by Crippen LogP contribution is 2.15. The molecule has 3 rings (SSSR count). The SMILES string of the molecule is CN(CCCNC(=O)c1cccc2cn[nH]c12)c1ccccc1. The van der Waals surface area contributed by atoms with Crippen LogP contribution in [0.3, 0.4) is 0 Å². The summed E-state index contributed by atoms with van der Waals surface area (Å²) in [6, 6.07) is 15.8. The van der Waals surface area contributed by atoms with Gasteiger partial charge >= 0.3 is 0 Å². The first-order chi connectivity index (χ1) is 11.3. The number of aromatic nitrogens is 2. The number of nitrogens with one attached hydrogen (secondary N) is 2. The third-order valence-corrected chi connectivity index (χ3v) is 3.87. The van der Waals surface area contributed by atoms with Crippen molar-refractivity contribution in [2.24, 2.45) is 0 Å². The smallest absolute Gasteiger partial charge is 0.253 e. The molecule has 1 amide bonds. The second kappa shape index (κ2) is 6.96. The fourth-order valence-electron chi connectivity index (χ4n) is 2.58. The van der Waals surface area contributed by atoms with Crippen LogP contribution in [0.1, 0.15) is 16.8 Å². The lowest BCUT2D eigenvalue weighted by Gasteiger charge is -2.19. The Labute approximate surface area is 135 Å². The number of hydrogen-bond acceptors (Lipinski definition) is 3. The molecule has 0 bridgehead atoms. The summed E-state index contributed by atoms with van der Waals surface area (Å²) < 4.78 is 0. The molecule has 1 aromatic heterocycles. The summed E-state index contributed by atoms with van der Waals surface area (Å²) in [6.07, 6.45) is 2.61. The van der Waals surface area contributed by atoms with Gasteiger partial charge in [0.05, 0.1) is 17.3 Å². The van der Waals surface area contributed by atoms with Crippen molar-refractivity contribution in [2.75, 3.05) is 25.0 Å². The molecule has 5 heteroatoms. The number of para-hydroxylation sites is 2. The van der Waals surface area contributed by atoms with Gasteiger partial charge in [-0.3, -0.25) is 9.89 Å². The number of rotatable bonds is 6. The van der Waals surface area contributed by atoms with E-state index in [9.17, 15) is 4.79 Å². The molecular weight excluding hydrogens is 288 g/mol. The van der Waals surface area contributed by atoms with E-state index in [0.717, 1.165) is 23.9 Å². The predicted octanol–water partition coefficient (Wildman–Crippen LogP) is 2.82. The Morgan fingerprint density at radius 3 is 2.83 bits per heavy atom. The van der Waals surface area contributed by atoms with Crippen LogP contribution in [0.4, 0.5) is 5.69 Å². The van der Waals surface area contributed by atoms with Crippen LogP contribution in [-0.4, -0.2) is 36.2 Å². The normalized spacial score (nSPS) is 10.7. The lowest BCUT2D eigenvalue weighted by molar-refractivity contribution is 0.0955. The molecule has 5 nitrogen and oxygen atoms in total. The lowest BCUT2D eigenvalue weighted by Crippen LogP contribution is -2.28. The first-order valence-electron chi connectivity index (χ1n) is 7.72. The van der Waals surface area contributed by atoms with Gasteiger partial charge in [-0.2, -0.15) is 5.10 Å². The number of amides is 1. The van der Waals surface area contributed by atoms with Crippen molar-refractivity contribution in [3.63, 3.8) is 0 Å². The summed E-state index contributed by atoms with van der Waals surface area (Å²) in [5.41, 5.74) is 2.60. The van der Waals surface area contributed by atoms with Crippen LogP contribution in [0, 0.1) is 0 Å². The van der Waals surface area contributed by atoms with Crippen molar-refractivity contribution >= 4 is 22.5 Å². The zero-order chi connectivity index (χ0) is 16.1. The summed E-state index contributed by atoms with van der Waals surface area (Å²) in [5, 5.41) is 10.8. The number of benzene rings is 2. The van der Waals surface area contributed by atoms with E-state index in [0.29, 0.717) is 12.1 Å². The number of carbonyl (C=O) groups excluding carboxylic acids is 1. The summed E-state index contributed by atoms with van der Waals surface area (Å²) in [7, 11) is 2.06. The second-order valence-corrected chi connectivity index (χ2v) is 5.51. The molecule has 23 heavy (non-hydrogen) atoms. The Morgan fingerprint density at radius 2 is 2.00 bits per heavy atom. The van der Waals surface area contributed by atoms with Gasteiger partial charge in [0.2, 0.25) is 0 Å². The number of fused-ring (bicyclic) bond motifs is 1. The molecule has 1 heterocycles. The van der Waals surface area contributed by atoms with Crippen molar-refractivity contribution in [3.05, 3.63) is 60.3 Å². The standard InChI is InChI=1S/C18H20N4O/c1-22(15-8-3-2-4-9-15)12-6-11-19-18(23)16-10-5-7-14-13-20-21-17(14)16/h2-5,7-10,13H,6,11-12H2,1H3,(H,19,23)(H,20,21). The van der Waals surface area contributed by atoms with Gasteiger partial charge in [0.15, 0.2) is 0 Å². The van der Waals surface area contributed by atoms with E-state index in [1.54, 1.807) is 6.20 Å². The molecular formula is C18H20N4O. The van der Waals surface area contributed by atoms with Gasteiger partial charge in [-0.1, -0.05) is 30.3 Å². The van der Waals surface area contributed by atoms with E-state index in [1.807, 2.05) is 36.4 Å². The zero-order valence-electron chi connectivity index (χ0n) is 13.1. The number of hydrogen-bond donors (Lipinski definition) is 2. The third-order valence-electron chi connectivity index (χ3n) is 3.87. The third kappa shape index (κ3) is 3.51. The molecule has 0 aliphatic rings. The first-order valence-corrected chi connectivity index (χ1v) is 7.72. The van der Waals surface area contributed by atoms with E-state index < -0.39 is 0 Å². The van der Waals surface area contributed by atoms with Gasteiger partial charge < -0.3 is 10.2 Å². The first kappa shape index (κ1) is 15.1. The largest absolute Gasteiger partial charge is 0.375 e. The van der Waals surface area contributed by atoms with E-state index in [2.05, 4.69) is 39.6 Å². The number of carbonyl (C=O) groups is 1. The van der Waals surface area contributed by atoms with Gasteiger partial charge in [-0.15, -0.1) is 0 Å². The fraction of sp³-hybridized carbons (Fsp3) is 0.222. The average Bonchev–Trinajstić information content (AvgIpc) is 3.07. The minimum Gasteiger partial charge on any atom is -0.375 e. The van der Waals surface area contributed by atoms with Crippen LogP contribution in [0.2, 0.25) is 0 Å². The highest BCUT2D eigenvalue weighted by Gasteiger charge is 2.10. The highest BCUT2D eigenvalue weighted by molar-refractivity contribution is 6.05. The lowest BCUT2D eigenvalue weighted by atomic mass is 10.1. The maximum absolute atomic E-state index is 12.3. The molecule has 0 unspecified atom stereocenters. The maximum atomic E-state index is 12.3. The topological polar surface area (TPSA) is 61.0 Å². The van der Waals surface area contributed by atoms with Crippen molar-refractivity contribution in [1.82, 2.24) is 15.5 Å². The molecule has 0 radical (unpaired) electrons. The maximum Gasteiger partial charge on any atom is 0.253 e. The van der Waals surface area contributed by atoms with E-state index in [1.165, 1.54) is 5.69 Å². The van der Waals surface area contributed by atoms with Crippen LogP contribution < -0.4 is 10.2 Å². The summed E-state index contributed by atoms with van der Waals surface area (Å²) in [4.78, 5) is 14.5. The van der Waals surface area contributed by atoms with Crippen LogP contribution in [0.25, 0.3) is 10.9 Å². The number of nitrogens with zero attached hydrogens (tertiary/aromatic N) is 2. The van der Waals surface area contributed by atoms with E-state index in [4.69, 9.17) is 0 Å². The van der Waals surface area contributed by atoms with Gasteiger partial charge in [0.25, 0.3) is 5.91 Å². The van der Waals surface area contributed by atoms with E-state index >= 15 is 0 Å². The molecule has 118 valence electrons. The monoisotopic (exact) mass is 308 g/mol. The van der Waals surface area contributed by atoms with Crippen molar-refractivity contribution in [1.29, 1.82) is 0 Å². The highest BCUT2D eigenvalue weighted by atomic mass is 16.1. The summed E-state index contributed by atoms with van der Waals surface area (Å²) >= 11 is 0. The van der Waals surface area contributed by atoms with Crippen molar-refractivity contribution < 1.29 is 4.79 Å². The molecule has 0 aliphatic carbocycles. The van der Waals surface area contributed by atoms with Crippen LogP contribution >= 0.6 is 0 Å². The number of H-pyrrole nitrogens is 1. The van der Waals surface area contributed by atoms with Crippen LogP contribution in [0.15, 0.2) is 54.7 Å². The molecule has 0 spiro atoms. The molecule has 2 aromatic carbocycles. The minimum atomic E-state index is -0.0674. The molecule has 3 aromatic rings. The van der Waals surface area contributed by atoms with E-state index in [-0.39, 0.29) is 5.91 Å². The Bertz CT molecular complexity index is 782. The molecule has 0 saturated carbocycles. The van der Waals surface area contributed by atoms with Crippen molar-refractivity contribution in [2.45, 2.75) is 6.42 Å². The summed E-state index contributed by atoms with van der Waals surface area (Å²) in [5.74, 6) is -0.0674. The fourth-order valence-corrected chi connectivity index (χ4v) is 2.58. The molecule has 0 fully saturated rings. The Kier molecular flexibility index (Phi) is 4.57. The quantitative estimate of drug-likeness (QED) is 0.688. The second-order valence-electron chi connectivity index (χ2n) is 5.51. The van der Waals surface area contributed by atoms with Gasteiger partial charge in [-0.05, 0) is 24.6 Å². The zero-order valence-corrected chi connectivity index (χ0v) is 13.1. The van der Waals surface area contributed by atoms with Crippen LogP contribution in [-0.2, 0) is 0 Å². The molecule has 0 saturated heterocycles. The summed E-state index contributed by atoms with van der Waals surface area (Å²) in [6.45, 7) is 1.53. The molecule has 0 atom stereocenters. The Balaban J connectivity index is 1.51. The Morgan fingerprint density at radius 1 is 1.17 bits per heavy atom. The van der Waals surface area contributed by atoms with Crippen LogP contribution in [0.5, 0.6) is 0 Å². The van der Waals surface area contributed by atoms with Gasteiger partial charge in [0.1, 0.15) is 0 Å². The predicted molar refractivity (Wildman–Crippen MR) is 92.8 cm³/mol. The van der Waals surface area contributed by atoms with Crippen molar-refractivity contribution in [3.8, 4) is 0 Å². The number of anilines is 1. The van der Waals surface area contributed by atoms with Gasteiger partial charge in [0, 0.05) is 31.2 Å². The number of aromatic amines is 1. The average molecular weight is 308 g/mol. The molecule has 0 aliphatic heterocycles. The minimum absolute atomic E-state index is 0.0674. The molecule has 2 N–H and O–H groups in total. The Hall–Kier alpha value is -2.82.